The van der Waals surface area contributed by atoms with Crippen molar-refractivity contribution in [3.05, 3.63) is 24.5 Å². The number of aromatic nitrogens is 4. The van der Waals surface area contributed by atoms with Gasteiger partial charge < -0.3 is 9.63 Å². The standard InChI is InChI=1S/C17H23N5O2/c23-13-8-15(22(11-13)10-12-4-2-1-3-5-12)17-20-16(21-24-17)14-9-18-6-7-19-14/h6-7,9,12-13,15,23H,1-5,8,10-11H2. The zero-order valence-electron chi connectivity index (χ0n) is 13.7. The van der Waals surface area contributed by atoms with Crippen molar-refractivity contribution in [2.75, 3.05) is 13.1 Å². The number of aliphatic hydroxyl groups is 1. The molecule has 0 amide bonds. The van der Waals surface area contributed by atoms with Crippen molar-refractivity contribution in [1.29, 1.82) is 0 Å². The molecule has 7 nitrogen and oxygen atoms in total. The van der Waals surface area contributed by atoms with E-state index in [1.54, 1.807) is 18.6 Å². The fourth-order valence-electron chi connectivity index (χ4n) is 3.93. The largest absolute Gasteiger partial charge is 0.392 e. The predicted octanol–water partition coefficient (Wildman–Crippen LogP) is 2.21. The summed E-state index contributed by atoms with van der Waals surface area (Å²) < 4.78 is 5.49. The highest BCUT2D eigenvalue weighted by molar-refractivity contribution is 5.45. The van der Waals surface area contributed by atoms with Gasteiger partial charge in [-0.15, -0.1) is 0 Å². The monoisotopic (exact) mass is 329 g/mol. The second-order valence-corrected chi connectivity index (χ2v) is 6.91. The first-order chi connectivity index (χ1) is 11.8. The van der Waals surface area contributed by atoms with Crippen LogP contribution in [0.2, 0.25) is 0 Å². The molecule has 1 saturated carbocycles. The third-order valence-electron chi connectivity index (χ3n) is 5.12. The highest BCUT2D eigenvalue weighted by Gasteiger charge is 2.37. The quantitative estimate of drug-likeness (QED) is 0.920. The maximum atomic E-state index is 10.1. The van der Waals surface area contributed by atoms with Crippen LogP contribution in [0.4, 0.5) is 0 Å². The minimum Gasteiger partial charge on any atom is -0.392 e. The van der Waals surface area contributed by atoms with E-state index in [0.29, 0.717) is 36.3 Å². The summed E-state index contributed by atoms with van der Waals surface area (Å²) in [7, 11) is 0. The van der Waals surface area contributed by atoms with Crippen LogP contribution < -0.4 is 0 Å². The first-order valence-corrected chi connectivity index (χ1v) is 8.81. The third kappa shape index (κ3) is 3.32. The van der Waals surface area contributed by atoms with Gasteiger partial charge in [-0.05, 0) is 25.2 Å². The van der Waals surface area contributed by atoms with E-state index in [0.717, 1.165) is 6.54 Å². The lowest BCUT2D eigenvalue weighted by Gasteiger charge is -2.29. The Labute approximate surface area is 141 Å². The molecule has 0 aromatic carbocycles. The summed E-state index contributed by atoms with van der Waals surface area (Å²) in [6.07, 6.45) is 11.7. The molecule has 2 fully saturated rings. The Morgan fingerprint density at radius 1 is 1.21 bits per heavy atom. The Bertz CT molecular complexity index is 656. The Balaban J connectivity index is 1.50. The molecule has 1 saturated heterocycles. The maximum absolute atomic E-state index is 10.1. The van der Waals surface area contributed by atoms with Crippen LogP contribution in [0.1, 0.15) is 50.5 Å². The number of hydrogen-bond donors (Lipinski definition) is 1. The lowest BCUT2D eigenvalue weighted by atomic mass is 9.89. The van der Waals surface area contributed by atoms with Crippen molar-refractivity contribution in [3.63, 3.8) is 0 Å². The van der Waals surface area contributed by atoms with Crippen LogP contribution in [0.5, 0.6) is 0 Å². The Morgan fingerprint density at radius 3 is 2.88 bits per heavy atom. The molecule has 1 aliphatic heterocycles. The van der Waals surface area contributed by atoms with Gasteiger partial charge >= 0.3 is 0 Å². The number of nitrogens with zero attached hydrogens (tertiary/aromatic N) is 5. The smallest absolute Gasteiger partial charge is 0.244 e. The van der Waals surface area contributed by atoms with E-state index < -0.39 is 0 Å². The molecular weight excluding hydrogens is 306 g/mol. The summed E-state index contributed by atoms with van der Waals surface area (Å²) in [6, 6.07) is -0.000141. The van der Waals surface area contributed by atoms with Crippen molar-refractivity contribution in [3.8, 4) is 11.5 Å². The zero-order chi connectivity index (χ0) is 16.4. The molecule has 3 heterocycles. The highest BCUT2D eigenvalue weighted by atomic mass is 16.5. The summed E-state index contributed by atoms with van der Waals surface area (Å²) in [4.78, 5) is 15.1. The van der Waals surface area contributed by atoms with Crippen LogP contribution in [0.15, 0.2) is 23.1 Å². The van der Waals surface area contributed by atoms with Crippen LogP contribution >= 0.6 is 0 Å². The normalized spacial score (nSPS) is 26.0. The molecule has 1 aliphatic carbocycles. The van der Waals surface area contributed by atoms with Gasteiger partial charge in [0.15, 0.2) is 0 Å². The summed E-state index contributed by atoms with van der Waals surface area (Å²) in [5, 5.41) is 14.2. The first kappa shape index (κ1) is 15.7. The number of β-amino-alcohol motifs (C(OH)–C–C–N with tert-alkyl or cyclic N) is 1. The summed E-state index contributed by atoms with van der Waals surface area (Å²) in [5.74, 6) is 1.74. The molecule has 2 aliphatic rings. The molecule has 128 valence electrons. The number of aliphatic hydroxyl groups excluding tert-OH is 1. The van der Waals surface area contributed by atoms with Crippen molar-refractivity contribution < 1.29 is 9.63 Å². The van der Waals surface area contributed by atoms with E-state index in [4.69, 9.17) is 4.52 Å². The SMILES string of the molecule is OC1CC(c2nc(-c3cnccn3)no2)N(CC2CCCCC2)C1. The van der Waals surface area contributed by atoms with Gasteiger partial charge in [0.25, 0.3) is 0 Å². The number of likely N-dealkylation sites (tertiary alicyclic amines) is 1. The summed E-state index contributed by atoms with van der Waals surface area (Å²) in [6.45, 7) is 1.69. The van der Waals surface area contributed by atoms with Gasteiger partial charge in [0.05, 0.1) is 18.3 Å². The third-order valence-corrected chi connectivity index (χ3v) is 5.12. The van der Waals surface area contributed by atoms with Gasteiger partial charge in [-0.25, -0.2) is 4.98 Å². The van der Waals surface area contributed by atoms with Gasteiger partial charge in [0.2, 0.25) is 11.7 Å². The summed E-state index contributed by atoms with van der Waals surface area (Å²) >= 11 is 0. The zero-order valence-corrected chi connectivity index (χ0v) is 13.7. The molecule has 0 spiro atoms. The molecular formula is C17H23N5O2. The fraction of sp³-hybridized carbons (Fsp3) is 0.647. The van der Waals surface area contributed by atoms with Crippen molar-refractivity contribution in [2.24, 2.45) is 5.92 Å². The van der Waals surface area contributed by atoms with Crippen LogP contribution in [0, 0.1) is 5.92 Å². The second kappa shape index (κ2) is 6.94. The van der Waals surface area contributed by atoms with E-state index in [1.165, 1.54) is 32.1 Å². The molecule has 0 radical (unpaired) electrons. The molecule has 24 heavy (non-hydrogen) atoms. The van der Waals surface area contributed by atoms with Gasteiger partial charge in [-0.2, -0.15) is 4.98 Å². The molecule has 2 atom stereocenters. The predicted molar refractivity (Wildman–Crippen MR) is 86.8 cm³/mol. The topological polar surface area (TPSA) is 88.2 Å². The van der Waals surface area contributed by atoms with Gasteiger partial charge in [0, 0.05) is 25.5 Å². The second-order valence-electron chi connectivity index (χ2n) is 6.91. The first-order valence-electron chi connectivity index (χ1n) is 8.81. The number of rotatable bonds is 4. The molecule has 0 bridgehead atoms. The van der Waals surface area contributed by atoms with Gasteiger partial charge in [0.1, 0.15) is 5.69 Å². The van der Waals surface area contributed by atoms with Crippen molar-refractivity contribution in [1.82, 2.24) is 25.0 Å². The molecule has 4 rings (SSSR count). The van der Waals surface area contributed by atoms with E-state index in [1.807, 2.05) is 0 Å². The Morgan fingerprint density at radius 2 is 2.08 bits per heavy atom. The van der Waals surface area contributed by atoms with Crippen LogP contribution in [0.3, 0.4) is 0 Å². The van der Waals surface area contributed by atoms with E-state index in [-0.39, 0.29) is 12.1 Å². The molecule has 7 heteroatoms. The minimum absolute atomic E-state index is 0.000141. The number of hydrogen-bond acceptors (Lipinski definition) is 7. The molecule has 2 unspecified atom stereocenters. The highest BCUT2D eigenvalue weighted by Crippen LogP contribution is 2.35. The average Bonchev–Trinajstić information content (AvgIpc) is 3.23. The van der Waals surface area contributed by atoms with Gasteiger partial charge in [-0.1, -0.05) is 24.4 Å². The lowest BCUT2D eigenvalue weighted by Crippen LogP contribution is -2.31. The van der Waals surface area contributed by atoms with E-state index >= 15 is 0 Å². The summed E-state index contributed by atoms with van der Waals surface area (Å²) in [5.41, 5.74) is 0.602. The fourth-order valence-corrected chi connectivity index (χ4v) is 3.93. The van der Waals surface area contributed by atoms with Gasteiger partial charge in [-0.3, -0.25) is 9.88 Å². The van der Waals surface area contributed by atoms with Crippen LogP contribution in [-0.4, -0.2) is 49.3 Å². The maximum Gasteiger partial charge on any atom is 0.244 e. The van der Waals surface area contributed by atoms with Crippen molar-refractivity contribution >= 4 is 0 Å². The van der Waals surface area contributed by atoms with Crippen LogP contribution in [-0.2, 0) is 0 Å². The Kier molecular flexibility index (Phi) is 4.53. The molecule has 2 aromatic heterocycles. The molecule has 1 N–H and O–H groups in total. The lowest BCUT2D eigenvalue weighted by molar-refractivity contribution is 0.147. The Hall–Kier alpha value is -1.86. The van der Waals surface area contributed by atoms with Crippen molar-refractivity contribution in [2.45, 2.75) is 50.7 Å². The average molecular weight is 329 g/mol. The van der Waals surface area contributed by atoms with Crippen LogP contribution in [0.25, 0.3) is 11.5 Å². The van der Waals surface area contributed by atoms with E-state index in [2.05, 4.69) is 25.0 Å². The minimum atomic E-state index is -0.328. The molecule has 2 aromatic rings. The van der Waals surface area contributed by atoms with E-state index in [9.17, 15) is 5.11 Å².